The number of hydrogen-bond acceptors (Lipinski definition) is 4. The first-order valence-corrected chi connectivity index (χ1v) is 20.5. The highest BCUT2D eigenvalue weighted by Crippen LogP contribution is 2.47. The van der Waals surface area contributed by atoms with Crippen molar-refractivity contribution in [2.45, 2.75) is 51.0 Å². The normalized spacial score (nSPS) is 22.7. The van der Waals surface area contributed by atoms with Gasteiger partial charge in [-0.15, -0.1) is 11.3 Å². The molecule has 4 heteroatoms. The average molecular weight is 736 g/mol. The summed E-state index contributed by atoms with van der Waals surface area (Å²) in [6.45, 7) is 12.7. The molecule has 8 rings (SSSR count). The molecule has 0 aliphatic heterocycles. The van der Waals surface area contributed by atoms with Gasteiger partial charge < -0.3 is 11.1 Å². The number of nitrogens with zero attached hydrogens (tertiary/aromatic N) is 1. The van der Waals surface area contributed by atoms with E-state index in [0.717, 1.165) is 65.1 Å². The van der Waals surface area contributed by atoms with Gasteiger partial charge in [0.05, 0.1) is 17.1 Å². The fraction of sp³-hybridized carbons (Fsp3) is 0.216. The largest absolute Gasteiger partial charge is 0.324 e. The minimum Gasteiger partial charge on any atom is -0.324 e. The molecule has 2 aromatic heterocycles. The van der Waals surface area contributed by atoms with Crippen LogP contribution in [0.3, 0.4) is 0 Å². The molecule has 3 aromatic rings. The van der Waals surface area contributed by atoms with Gasteiger partial charge in [0.2, 0.25) is 0 Å². The lowest BCUT2D eigenvalue weighted by Gasteiger charge is -2.19. The Bertz CT molecular complexity index is 2340. The van der Waals surface area contributed by atoms with Crippen LogP contribution in [0.2, 0.25) is 0 Å². The zero-order valence-electron chi connectivity index (χ0n) is 31.5. The topological polar surface area (TPSA) is 62.8 Å². The van der Waals surface area contributed by atoms with Crippen LogP contribution in [-0.4, -0.2) is 16.7 Å². The number of allylic oxidation sites excluding steroid dienone is 12. The van der Waals surface area contributed by atoms with Gasteiger partial charge >= 0.3 is 0 Å². The number of rotatable bonds is 12. The first-order valence-electron chi connectivity index (χ1n) is 19.7. The molecule has 0 radical (unpaired) electrons. The van der Waals surface area contributed by atoms with Crippen molar-refractivity contribution in [2.24, 2.45) is 23.5 Å². The summed E-state index contributed by atoms with van der Waals surface area (Å²) < 4.78 is 0. The molecule has 4 unspecified atom stereocenters. The molecule has 0 saturated heterocycles. The predicted octanol–water partition coefficient (Wildman–Crippen LogP) is 12.4. The van der Waals surface area contributed by atoms with Crippen LogP contribution < -0.4 is 5.73 Å². The summed E-state index contributed by atoms with van der Waals surface area (Å²) in [6.07, 6.45) is 44.2. The number of fused-ring (bicyclic) bond motifs is 2. The SMILES string of the molecule is C=Cc1nc(/C=C/c2c(C(=C)C(=N)/C=C\C3=CC(N)C(/C=C\C4CC4C4=CCCC=C4)C=C3)sc3c2CCC=C3c2ccccc2)c2c(c1C=C)C=CCC2. The smallest absolute Gasteiger partial charge is 0.0709 e. The number of pyridine rings is 1. The lowest BCUT2D eigenvalue weighted by atomic mass is 9.88. The molecule has 0 spiro atoms. The maximum atomic E-state index is 9.24. The molecule has 3 N–H and O–H groups in total. The van der Waals surface area contributed by atoms with Gasteiger partial charge in [-0.1, -0.05) is 135 Å². The zero-order chi connectivity index (χ0) is 37.9. The number of benzene rings is 1. The van der Waals surface area contributed by atoms with Crippen LogP contribution in [0, 0.1) is 23.2 Å². The van der Waals surface area contributed by atoms with Gasteiger partial charge in [-0.2, -0.15) is 0 Å². The van der Waals surface area contributed by atoms with Crippen LogP contribution in [-0.2, 0) is 12.8 Å². The third kappa shape index (κ3) is 7.62. The van der Waals surface area contributed by atoms with Crippen molar-refractivity contribution in [1.82, 2.24) is 4.98 Å². The molecule has 5 aliphatic rings. The van der Waals surface area contributed by atoms with E-state index in [1.54, 1.807) is 11.3 Å². The van der Waals surface area contributed by atoms with Crippen molar-refractivity contribution < 1.29 is 0 Å². The van der Waals surface area contributed by atoms with Crippen LogP contribution in [0.1, 0.15) is 86.6 Å². The van der Waals surface area contributed by atoms with Gasteiger partial charge in [0, 0.05) is 32.9 Å². The lowest BCUT2D eigenvalue weighted by molar-refractivity contribution is 0.677. The van der Waals surface area contributed by atoms with E-state index >= 15 is 0 Å². The van der Waals surface area contributed by atoms with E-state index in [-0.39, 0.29) is 12.0 Å². The fourth-order valence-electron chi connectivity index (χ4n) is 8.35. The number of hydrogen-bond donors (Lipinski definition) is 2. The monoisotopic (exact) mass is 735 g/mol. The average Bonchev–Trinajstić information content (AvgIpc) is 3.92. The van der Waals surface area contributed by atoms with E-state index in [0.29, 0.717) is 23.1 Å². The van der Waals surface area contributed by atoms with Crippen molar-refractivity contribution in [3.8, 4) is 0 Å². The summed E-state index contributed by atoms with van der Waals surface area (Å²) in [5.74, 6) is 1.47. The highest BCUT2D eigenvalue weighted by atomic mass is 32.1. The number of thiophene rings is 1. The van der Waals surface area contributed by atoms with E-state index in [1.807, 2.05) is 24.3 Å². The standard InChI is InChI=1S/C51H49N3S/c1-4-39-41-19-12-13-20-42(41)49(54-48(39)5-2)30-28-44-43-22-14-21-40(35-15-8-6-9-16-35)51(43)55-50(44)33(3)46(52)29-24-34-23-25-37(47(53)31-34)26-27-38-32-45(38)36-17-10-7-11-18-36/h4-6,8-10,12,15-19,21,23-31,37-38,45,47,52H,1-3,7,11,13-14,20,22,32,53H2/b27-26-,29-24-,30-28+,52-46?. The summed E-state index contributed by atoms with van der Waals surface area (Å²) in [6, 6.07) is 10.5. The molecule has 55 heavy (non-hydrogen) atoms. The quantitative estimate of drug-likeness (QED) is 0.144. The van der Waals surface area contributed by atoms with Crippen LogP contribution in [0.15, 0.2) is 134 Å². The van der Waals surface area contributed by atoms with Gasteiger partial charge in [0.15, 0.2) is 0 Å². The van der Waals surface area contributed by atoms with Gasteiger partial charge in [-0.3, -0.25) is 0 Å². The van der Waals surface area contributed by atoms with E-state index < -0.39 is 0 Å². The molecular weight excluding hydrogens is 687 g/mol. The Morgan fingerprint density at radius 3 is 2.47 bits per heavy atom. The molecule has 2 heterocycles. The van der Waals surface area contributed by atoms with Crippen LogP contribution in [0.5, 0.6) is 0 Å². The second kappa shape index (κ2) is 16.1. The molecule has 0 amide bonds. The van der Waals surface area contributed by atoms with Crippen LogP contribution in [0.25, 0.3) is 41.5 Å². The van der Waals surface area contributed by atoms with E-state index in [2.05, 4.69) is 129 Å². The Morgan fingerprint density at radius 2 is 1.69 bits per heavy atom. The highest BCUT2D eigenvalue weighted by molar-refractivity contribution is 7.15. The molecule has 274 valence electrons. The molecule has 1 saturated carbocycles. The van der Waals surface area contributed by atoms with Crippen LogP contribution >= 0.6 is 11.3 Å². The van der Waals surface area contributed by atoms with Gasteiger partial charge in [0.1, 0.15) is 0 Å². The van der Waals surface area contributed by atoms with Crippen molar-refractivity contribution in [3.05, 3.63) is 189 Å². The zero-order valence-corrected chi connectivity index (χ0v) is 32.3. The molecular formula is C51H49N3S. The fourth-order valence-corrected chi connectivity index (χ4v) is 9.73. The molecule has 1 fully saturated rings. The lowest BCUT2D eigenvalue weighted by Crippen LogP contribution is -2.27. The van der Waals surface area contributed by atoms with E-state index in [4.69, 9.17) is 10.7 Å². The van der Waals surface area contributed by atoms with Crippen molar-refractivity contribution >= 4 is 58.6 Å². The minimum atomic E-state index is -0.106. The summed E-state index contributed by atoms with van der Waals surface area (Å²) in [5.41, 5.74) is 20.4. The van der Waals surface area contributed by atoms with E-state index in [1.165, 1.54) is 51.1 Å². The van der Waals surface area contributed by atoms with Crippen LogP contribution in [0.4, 0.5) is 0 Å². The Hall–Kier alpha value is -5.42. The predicted molar refractivity (Wildman–Crippen MR) is 239 cm³/mol. The number of nitrogens with one attached hydrogen (secondary N) is 1. The number of aromatic nitrogens is 1. The maximum absolute atomic E-state index is 9.24. The molecule has 1 aromatic carbocycles. The Kier molecular flexibility index (Phi) is 10.7. The minimum absolute atomic E-state index is 0.106. The third-order valence-electron chi connectivity index (χ3n) is 11.5. The van der Waals surface area contributed by atoms with Crippen molar-refractivity contribution in [1.29, 1.82) is 5.41 Å². The van der Waals surface area contributed by atoms with Crippen molar-refractivity contribution in [2.75, 3.05) is 0 Å². The third-order valence-corrected chi connectivity index (χ3v) is 12.8. The summed E-state index contributed by atoms with van der Waals surface area (Å²) in [4.78, 5) is 7.35. The van der Waals surface area contributed by atoms with Gasteiger partial charge in [-0.05, 0) is 120 Å². The first kappa shape index (κ1) is 36.6. The molecule has 4 atom stereocenters. The summed E-state index contributed by atoms with van der Waals surface area (Å²) in [5, 5.41) is 9.24. The van der Waals surface area contributed by atoms with Gasteiger partial charge in [0.25, 0.3) is 0 Å². The second-order valence-electron chi connectivity index (χ2n) is 15.0. The summed E-state index contributed by atoms with van der Waals surface area (Å²) >= 11 is 1.74. The van der Waals surface area contributed by atoms with Crippen molar-refractivity contribution in [3.63, 3.8) is 0 Å². The Morgan fingerprint density at radius 1 is 0.855 bits per heavy atom. The highest BCUT2D eigenvalue weighted by Gasteiger charge is 2.37. The number of nitrogens with two attached hydrogens (primary N) is 1. The van der Waals surface area contributed by atoms with E-state index in [9.17, 15) is 5.41 Å². The first-order chi connectivity index (χ1) is 26.9. The Labute approximate surface area is 330 Å². The maximum Gasteiger partial charge on any atom is 0.0709 e. The molecule has 5 aliphatic carbocycles. The summed E-state index contributed by atoms with van der Waals surface area (Å²) in [7, 11) is 0. The molecule has 3 nitrogen and oxygen atoms in total. The van der Waals surface area contributed by atoms with Gasteiger partial charge in [-0.25, -0.2) is 4.98 Å². The Balaban J connectivity index is 1.05. The molecule has 0 bridgehead atoms. The second-order valence-corrected chi connectivity index (χ2v) is 16.0.